The first-order valence-corrected chi connectivity index (χ1v) is 7.80. The molecule has 0 heterocycles. The van der Waals surface area contributed by atoms with Gasteiger partial charge in [-0.15, -0.1) is 0 Å². The van der Waals surface area contributed by atoms with Crippen molar-refractivity contribution in [2.75, 3.05) is 19.5 Å². The molecule has 23 heavy (non-hydrogen) atoms. The third-order valence-electron chi connectivity index (χ3n) is 3.41. The number of halogens is 2. The number of methoxy groups -OCH3 is 1. The van der Waals surface area contributed by atoms with Gasteiger partial charge in [0.25, 0.3) is 0 Å². The molecule has 0 saturated heterocycles. The minimum absolute atomic E-state index is 0.186. The van der Waals surface area contributed by atoms with Gasteiger partial charge in [0.15, 0.2) is 11.6 Å². The number of nitrogens with zero attached hydrogens (tertiary/aromatic N) is 1. The number of carbonyl (C=O) groups excluding carboxylic acids is 1. The summed E-state index contributed by atoms with van der Waals surface area (Å²) in [5.74, 6) is -0.258. The first-order valence-electron chi connectivity index (χ1n) is 7.01. The van der Waals surface area contributed by atoms with E-state index in [1.165, 1.54) is 18.1 Å². The number of amides is 2. The molecule has 2 aromatic rings. The minimum atomic E-state index is -0.443. The highest BCUT2D eigenvalue weighted by Gasteiger charge is 2.11. The van der Waals surface area contributed by atoms with E-state index in [0.717, 1.165) is 10.0 Å². The molecular weight excluding hydrogens is 363 g/mol. The van der Waals surface area contributed by atoms with Gasteiger partial charge in [0.2, 0.25) is 0 Å². The van der Waals surface area contributed by atoms with Gasteiger partial charge < -0.3 is 15.0 Å². The van der Waals surface area contributed by atoms with Gasteiger partial charge in [-0.2, -0.15) is 0 Å². The lowest BCUT2D eigenvalue weighted by atomic mass is 10.2. The van der Waals surface area contributed by atoms with E-state index in [2.05, 4.69) is 21.2 Å². The lowest BCUT2D eigenvalue weighted by Gasteiger charge is -2.18. The number of urea groups is 1. The van der Waals surface area contributed by atoms with Gasteiger partial charge in [-0.1, -0.05) is 28.1 Å². The molecule has 2 amide bonds. The average molecular weight is 381 g/mol. The van der Waals surface area contributed by atoms with Crippen LogP contribution < -0.4 is 10.1 Å². The van der Waals surface area contributed by atoms with Crippen molar-refractivity contribution >= 4 is 27.6 Å². The maximum Gasteiger partial charge on any atom is 0.321 e. The molecule has 2 rings (SSSR count). The topological polar surface area (TPSA) is 41.6 Å². The fourth-order valence-electron chi connectivity index (χ4n) is 2.04. The second-order valence-corrected chi connectivity index (χ2v) is 6.07. The Labute approximate surface area is 143 Å². The van der Waals surface area contributed by atoms with E-state index in [9.17, 15) is 9.18 Å². The van der Waals surface area contributed by atoms with Crippen molar-refractivity contribution in [1.82, 2.24) is 4.90 Å². The molecule has 4 nitrogen and oxygen atoms in total. The monoisotopic (exact) mass is 380 g/mol. The summed E-state index contributed by atoms with van der Waals surface area (Å²) in [5, 5.41) is 2.81. The lowest BCUT2D eigenvalue weighted by molar-refractivity contribution is 0.220. The van der Waals surface area contributed by atoms with Crippen LogP contribution in [0.3, 0.4) is 0 Å². The van der Waals surface area contributed by atoms with E-state index in [-0.39, 0.29) is 11.8 Å². The molecule has 0 aromatic heterocycles. The lowest BCUT2D eigenvalue weighted by Crippen LogP contribution is -2.30. The number of hydrogen-bond acceptors (Lipinski definition) is 2. The van der Waals surface area contributed by atoms with E-state index >= 15 is 0 Å². The van der Waals surface area contributed by atoms with Crippen molar-refractivity contribution in [3.63, 3.8) is 0 Å². The first-order chi connectivity index (χ1) is 10.9. The predicted molar refractivity (Wildman–Crippen MR) is 92.3 cm³/mol. The zero-order valence-corrected chi connectivity index (χ0v) is 14.8. The van der Waals surface area contributed by atoms with Gasteiger partial charge in [-0.3, -0.25) is 0 Å². The zero-order valence-electron chi connectivity index (χ0n) is 13.2. The molecule has 0 aliphatic carbocycles. The second-order valence-electron chi connectivity index (χ2n) is 5.22. The van der Waals surface area contributed by atoms with Gasteiger partial charge in [-0.25, -0.2) is 9.18 Å². The van der Waals surface area contributed by atoms with Crippen LogP contribution in [0.4, 0.5) is 14.9 Å². The fourth-order valence-corrected chi connectivity index (χ4v) is 2.42. The summed E-state index contributed by atoms with van der Waals surface area (Å²) in [6, 6.07) is 9.97. The highest BCUT2D eigenvalue weighted by molar-refractivity contribution is 9.10. The molecule has 0 spiro atoms. The Morgan fingerprint density at radius 1 is 1.30 bits per heavy atom. The Kier molecular flexibility index (Phi) is 5.60. The number of carbonyl (C=O) groups is 1. The summed E-state index contributed by atoms with van der Waals surface area (Å²) in [6.07, 6.45) is 0. The maximum absolute atomic E-state index is 13.7. The van der Waals surface area contributed by atoms with Crippen LogP contribution in [0.2, 0.25) is 0 Å². The molecule has 122 valence electrons. The number of rotatable bonds is 4. The fraction of sp³-hybridized carbons (Fsp3) is 0.235. The van der Waals surface area contributed by atoms with Gasteiger partial charge in [0, 0.05) is 23.8 Å². The first kappa shape index (κ1) is 17.3. The van der Waals surface area contributed by atoms with Crippen molar-refractivity contribution in [2.45, 2.75) is 13.5 Å². The molecule has 0 atom stereocenters. The maximum atomic E-state index is 13.7. The molecule has 6 heteroatoms. The van der Waals surface area contributed by atoms with Crippen molar-refractivity contribution in [3.8, 4) is 5.75 Å². The third-order valence-corrected chi connectivity index (χ3v) is 4.26. The van der Waals surface area contributed by atoms with Crippen LogP contribution in [0.1, 0.15) is 11.1 Å². The number of benzene rings is 2. The average Bonchev–Trinajstić information content (AvgIpc) is 2.51. The molecule has 0 aliphatic rings. The summed E-state index contributed by atoms with van der Waals surface area (Å²) in [5.41, 5.74) is 2.47. The second kappa shape index (κ2) is 7.46. The predicted octanol–water partition coefficient (Wildman–Crippen LogP) is 4.57. The van der Waals surface area contributed by atoms with E-state index in [4.69, 9.17) is 4.74 Å². The molecular formula is C17H18BrFN2O2. The summed E-state index contributed by atoms with van der Waals surface area (Å²) >= 11 is 3.43. The Bertz CT molecular complexity index is 722. The van der Waals surface area contributed by atoms with Crippen LogP contribution >= 0.6 is 15.9 Å². The molecule has 0 bridgehead atoms. The SMILES string of the molecule is COc1ccc(CN(C)C(=O)Nc2ccc(C)c(Br)c2)cc1F. The molecule has 0 unspecified atom stereocenters. The Morgan fingerprint density at radius 2 is 2.04 bits per heavy atom. The quantitative estimate of drug-likeness (QED) is 0.843. The van der Waals surface area contributed by atoms with Gasteiger partial charge in [0.1, 0.15) is 0 Å². The highest BCUT2D eigenvalue weighted by Crippen LogP contribution is 2.21. The van der Waals surface area contributed by atoms with Crippen molar-refractivity contribution in [1.29, 1.82) is 0 Å². The van der Waals surface area contributed by atoms with Crippen LogP contribution in [0.25, 0.3) is 0 Å². The van der Waals surface area contributed by atoms with Crippen LogP contribution in [0, 0.1) is 12.7 Å². The Morgan fingerprint density at radius 3 is 2.65 bits per heavy atom. The largest absolute Gasteiger partial charge is 0.494 e. The Hall–Kier alpha value is -2.08. The molecule has 0 saturated carbocycles. The molecule has 0 radical (unpaired) electrons. The number of aryl methyl sites for hydroxylation is 1. The van der Waals surface area contributed by atoms with Crippen LogP contribution in [0.15, 0.2) is 40.9 Å². The molecule has 0 fully saturated rings. The number of ether oxygens (including phenoxy) is 1. The summed E-state index contributed by atoms with van der Waals surface area (Å²) in [4.78, 5) is 13.7. The van der Waals surface area contributed by atoms with Crippen molar-refractivity contribution in [3.05, 3.63) is 57.8 Å². The van der Waals surface area contributed by atoms with E-state index < -0.39 is 5.82 Å². The van der Waals surface area contributed by atoms with Gasteiger partial charge in [-0.05, 0) is 42.3 Å². The standard InChI is InChI=1S/C17H18BrFN2O2/c1-11-4-6-13(9-14(11)18)20-17(22)21(2)10-12-5-7-16(23-3)15(19)8-12/h4-9H,10H2,1-3H3,(H,20,22). The van der Waals surface area contributed by atoms with Gasteiger partial charge >= 0.3 is 6.03 Å². The van der Waals surface area contributed by atoms with E-state index in [1.54, 1.807) is 19.2 Å². The van der Waals surface area contributed by atoms with Crippen LogP contribution in [0.5, 0.6) is 5.75 Å². The molecule has 2 aromatic carbocycles. The number of anilines is 1. The van der Waals surface area contributed by atoms with Crippen LogP contribution in [-0.4, -0.2) is 25.1 Å². The number of nitrogens with one attached hydrogen (secondary N) is 1. The van der Waals surface area contributed by atoms with Crippen molar-refractivity contribution < 1.29 is 13.9 Å². The highest BCUT2D eigenvalue weighted by atomic mass is 79.9. The normalized spacial score (nSPS) is 10.3. The summed E-state index contributed by atoms with van der Waals surface area (Å²) < 4.78 is 19.5. The Balaban J connectivity index is 2.02. The van der Waals surface area contributed by atoms with E-state index in [1.807, 2.05) is 25.1 Å². The molecule has 0 aliphatic heterocycles. The van der Waals surface area contributed by atoms with Crippen molar-refractivity contribution in [2.24, 2.45) is 0 Å². The van der Waals surface area contributed by atoms with Crippen LogP contribution in [-0.2, 0) is 6.54 Å². The van der Waals surface area contributed by atoms with E-state index in [0.29, 0.717) is 17.8 Å². The van der Waals surface area contributed by atoms with Gasteiger partial charge in [0.05, 0.1) is 7.11 Å². The zero-order chi connectivity index (χ0) is 17.0. The third kappa shape index (κ3) is 4.45. The summed E-state index contributed by atoms with van der Waals surface area (Å²) in [7, 11) is 3.07. The number of hydrogen-bond donors (Lipinski definition) is 1. The summed E-state index contributed by atoms with van der Waals surface area (Å²) in [6.45, 7) is 2.26. The smallest absolute Gasteiger partial charge is 0.321 e. The molecule has 1 N–H and O–H groups in total. The minimum Gasteiger partial charge on any atom is -0.494 e.